The lowest BCUT2D eigenvalue weighted by Crippen LogP contribution is -2.45. The highest BCUT2D eigenvalue weighted by Crippen LogP contribution is 2.26. The summed E-state index contributed by atoms with van der Waals surface area (Å²) in [5.41, 5.74) is 1.31. The summed E-state index contributed by atoms with van der Waals surface area (Å²) in [7, 11) is 0. The number of carbonyl (C=O) groups excluding carboxylic acids is 1. The fourth-order valence-electron chi connectivity index (χ4n) is 4.31. The molecule has 1 aromatic rings. The molecule has 162 valence electrons. The number of nitrogens with one attached hydrogen (secondary N) is 2. The normalized spacial score (nSPS) is 21.4. The minimum atomic E-state index is 0. The Morgan fingerprint density at radius 3 is 2.59 bits per heavy atom. The molecule has 0 bridgehead atoms. The first kappa shape index (κ1) is 24.0. The molecule has 0 spiro atoms. The van der Waals surface area contributed by atoms with Crippen LogP contribution in [0, 0.1) is 5.92 Å². The number of benzene rings is 1. The standard InChI is InChI=1S/C23H36N4O.HI/c1-3-24-23(25-16-18(2)19-10-6-4-7-11-19)26-21-14-15-27(17-21)22(28)20-12-8-5-9-13-20;/h4,6-7,10-11,18,20-21H,3,5,8-9,12-17H2,1-2H3,(H2,24,25,26);1H. The number of halogens is 1. The summed E-state index contributed by atoms with van der Waals surface area (Å²) < 4.78 is 0. The number of hydrogen-bond acceptors (Lipinski definition) is 2. The quantitative estimate of drug-likeness (QED) is 0.342. The SMILES string of the molecule is CCNC(=NCC(C)c1ccccc1)NC1CCN(C(=O)C2CCCCC2)C1.I. The van der Waals surface area contributed by atoms with Crippen LogP contribution in [0.3, 0.4) is 0 Å². The Morgan fingerprint density at radius 2 is 1.90 bits per heavy atom. The smallest absolute Gasteiger partial charge is 0.225 e. The van der Waals surface area contributed by atoms with Crippen molar-refractivity contribution in [3.63, 3.8) is 0 Å². The molecule has 2 atom stereocenters. The Labute approximate surface area is 193 Å². The van der Waals surface area contributed by atoms with Crippen molar-refractivity contribution in [2.24, 2.45) is 10.9 Å². The number of amides is 1. The van der Waals surface area contributed by atoms with Crippen molar-refractivity contribution in [3.8, 4) is 0 Å². The van der Waals surface area contributed by atoms with Crippen LogP contribution in [0.5, 0.6) is 0 Å². The Hall–Kier alpha value is -1.31. The van der Waals surface area contributed by atoms with Crippen molar-refractivity contribution >= 4 is 35.8 Å². The summed E-state index contributed by atoms with van der Waals surface area (Å²) in [6.45, 7) is 7.55. The summed E-state index contributed by atoms with van der Waals surface area (Å²) in [6.07, 6.45) is 6.87. The van der Waals surface area contributed by atoms with E-state index in [1.165, 1.54) is 24.8 Å². The lowest BCUT2D eigenvalue weighted by atomic mass is 9.88. The average Bonchev–Trinajstić information content (AvgIpc) is 3.21. The molecule has 2 fully saturated rings. The molecule has 1 amide bonds. The van der Waals surface area contributed by atoms with Crippen LogP contribution in [-0.2, 0) is 4.79 Å². The van der Waals surface area contributed by atoms with Gasteiger partial charge < -0.3 is 15.5 Å². The average molecular weight is 512 g/mol. The number of likely N-dealkylation sites (tertiary alicyclic amines) is 1. The van der Waals surface area contributed by atoms with Gasteiger partial charge in [-0.2, -0.15) is 0 Å². The lowest BCUT2D eigenvalue weighted by molar-refractivity contribution is -0.135. The Kier molecular flexibility index (Phi) is 10.2. The third-order valence-corrected chi connectivity index (χ3v) is 6.03. The van der Waals surface area contributed by atoms with Gasteiger partial charge in [0.15, 0.2) is 5.96 Å². The Bertz CT molecular complexity index is 646. The van der Waals surface area contributed by atoms with E-state index in [-0.39, 0.29) is 35.9 Å². The van der Waals surface area contributed by atoms with Crippen LogP contribution < -0.4 is 10.6 Å². The van der Waals surface area contributed by atoms with E-state index in [9.17, 15) is 4.79 Å². The van der Waals surface area contributed by atoms with Crippen LogP contribution >= 0.6 is 24.0 Å². The third-order valence-electron chi connectivity index (χ3n) is 6.03. The van der Waals surface area contributed by atoms with Crippen LogP contribution in [0.15, 0.2) is 35.3 Å². The van der Waals surface area contributed by atoms with Gasteiger partial charge in [-0.15, -0.1) is 24.0 Å². The maximum Gasteiger partial charge on any atom is 0.225 e. The topological polar surface area (TPSA) is 56.7 Å². The van der Waals surface area contributed by atoms with Gasteiger partial charge in [0, 0.05) is 44.1 Å². The zero-order valence-electron chi connectivity index (χ0n) is 17.9. The predicted molar refractivity (Wildman–Crippen MR) is 131 cm³/mol. The van der Waals surface area contributed by atoms with E-state index in [1.807, 2.05) is 6.07 Å². The summed E-state index contributed by atoms with van der Waals surface area (Å²) in [6, 6.07) is 10.8. The second-order valence-electron chi connectivity index (χ2n) is 8.28. The molecule has 1 saturated heterocycles. The summed E-state index contributed by atoms with van der Waals surface area (Å²) >= 11 is 0. The van der Waals surface area contributed by atoms with Crippen molar-refractivity contribution in [1.82, 2.24) is 15.5 Å². The number of rotatable bonds is 6. The molecule has 0 radical (unpaired) electrons. The van der Waals surface area contributed by atoms with Crippen molar-refractivity contribution in [1.29, 1.82) is 0 Å². The maximum absolute atomic E-state index is 12.8. The number of guanidine groups is 1. The van der Waals surface area contributed by atoms with E-state index in [2.05, 4.69) is 53.6 Å². The van der Waals surface area contributed by atoms with E-state index < -0.39 is 0 Å². The molecule has 1 aliphatic carbocycles. The van der Waals surface area contributed by atoms with Crippen molar-refractivity contribution in [3.05, 3.63) is 35.9 Å². The van der Waals surface area contributed by atoms with Crippen LogP contribution in [0.2, 0.25) is 0 Å². The highest BCUT2D eigenvalue weighted by Gasteiger charge is 2.31. The second-order valence-corrected chi connectivity index (χ2v) is 8.28. The van der Waals surface area contributed by atoms with E-state index in [0.29, 0.717) is 11.8 Å². The van der Waals surface area contributed by atoms with Gasteiger partial charge in [-0.1, -0.05) is 56.5 Å². The maximum atomic E-state index is 12.8. The van der Waals surface area contributed by atoms with Gasteiger partial charge >= 0.3 is 0 Å². The second kappa shape index (κ2) is 12.4. The fraction of sp³-hybridized carbons (Fsp3) is 0.652. The van der Waals surface area contributed by atoms with Crippen LogP contribution in [0.25, 0.3) is 0 Å². The van der Waals surface area contributed by atoms with Crippen LogP contribution in [-0.4, -0.2) is 49.0 Å². The van der Waals surface area contributed by atoms with Gasteiger partial charge in [-0.3, -0.25) is 9.79 Å². The molecule has 1 aromatic carbocycles. The molecule has 5 nitrogen and oxygen atoms in total. The molecular weight excluding hydrogens is 475 g/mol. The Morgan fingerprint density at radius 1 is 1.17 bits per heavy atom. The van der Waals surface area contributed by atoms with Gasteiger partial charge in [0.2, 0.25) is 5.91 Å². The molecule has 0 aromatic heterocycles. The van der Waals surface area contributed by atoms with Crippen molar-refractivity contribution in [2.75, 3.05) is 26.2 Å². The molecule has 2 N–H and O–H groups in total. The lowest BCUT2D eigenvalue weighted by Gasteiger charge is -2.26. The number of hydrogen-bond donors (Lipinski definition) is 2. The first-order chi connectivity index (χ1) is 13.7. The van der Waals surface area contributed by atoms with Gasteiger partial charge in [-0.05, 0) is 31.7 Å². The van der Waals surface area contributed by atoms with Gasteiger partial charge in [0.05, 0.1) is 0 Å². The zero-order valence-corrected chi connectivity index (χ0v) is 20.2. The van der Waals surface area contributed by atoms with Crippen molar-refractivity contribution < 1.29 is 4.79 Å². The molecule has 29 heavy (non-hydrogen) atoms. The van der Waals surface area contributed by atoms with Gasteiger partial charge in [0.1, 0.15) is 0 Å². The molecule has 2 unspecified atom stereocenters. The molecule has 6 heteroatoms. The van der Waals surface area contributed by atoms with E-state index >= 15 is 0 Å². The molecular formula is C23H37IN4O. The van der Waals surface area contributed by atoms with Crippen LogP contribution in [0.4, 0.5) is 0 Å². The first-order valence-electron chi connectivity index (χ1n) is 11.1. The first-order valence-corrected chi connectivity index (χ1v) is 11.1. The number of nitrogens with zero attached hydrogens (tertiary/aromatic N) is 2. The predicted octanol–water partition coefficient (Wildman–Crippen LogP) is 4.14. The summed E-state index contributed by atoms with van der Waals surface area (Å²) in [5.74, 6) is 1.89. The Balaban J connectivity index is 0.00000300. The highest BCUT2D eigenvalue weighted by molar-refractivity contribution is 14.0. The molecule has 1 aliphatic heterocycles. The zero-order chi connectivity index (χ0) is 19.8. The molecule has 3 rings (SSSR count). The minimum Gasteiger partial charge on any atom is -0.357 e. The summed E-state index contributed by atoms with van der Waals surface area (Å²) in [4.78, 5) is 19.7. The summed E-state index contributed by atoms with van der Waals surface area (Å²) in [5, 5.41) is 6.92. The number of carbonyl (C=O) groups is 1. The van der Waals surface area contributed by atoms with E-state index in [1.54, 1.807) is 0 Å². The van der Waals surface area contributed by atoms with Crippen molar-refractivity contribution in [2.45, 2.75) is 64.3 Å². The largest absolute Gasteiger partial charge is 0.357 e. The van der Waals surface area contributed by atoms with Gasteiger partial charge in [-0.25, -0.2) is 0 Å². The fourth-order valence-corrected chi connectivity index (χ4v) is 4.31. The van der Waals surface area contributed by atoms with E-state index in [4.69, 9.17) is 4.99 Å². The molecule has 2 aliphatic rings. The van der Waals surface area contributed by atoms with Crippen LogP contribution in [0.1, 0.15) is 63.9 Å². The molecule has 1 saturated carbocycles. The number of aliphatic imine (C=N–C) groups is 1. The van der Waals surface area contributed by atoms with E-state index in [0.717, 1.165) is 51.4 Å². The highest BCUT2D eigenvalue weighted by atomic mass is 127. The van der Waals surface area contributed by atoms with Gasteiger partial charge in [0.25, 0.3) is 0 Å². The third kappa shape index (κ3) is 7.15. The minimum absolute atomic E-state index is 0. The molecule has 1 heterocycles. The monoisotopic (exact) mass is 512 g/mol.